The Kier molecular flexibility index (Phi) is 4.04. The molecule has 1 fully saturated rings. The van der Waals surface area contributed by atoms with Gasteiger partial charge >= 0.3 is 0 Å². The summed E-state index contributed by atoms with van der Waals surface area (Å²) in [5.41, 5.74) is 0.608. The fraction of sp³-hybridized carbons (Fsp3) is 0.467. The third-order valence-corrected chi connectivity index (χ3v) is 3.97. The molecular formula is C15H20N6O. The minimum absolute atomic E-state index is 0.00101. The van der Waals surface area contributed by atoms with Crippen molar-refractivity contribution in [2.75, 3.05) is 25.5 Å². The van der Waals surface area contributed by atoms with Gasteiger partial charge in [-0.1, -0.05) is 0 Å². The average Bonchev–Trinajstić information content (AvgIpc) is 3.08. The molecule has 1 unspecified atom stereocenters. The number of piperidine rings is 1. The van der Waals surface area contributed by atoms with Crippen LogP contribution in [-0.2, 0) is 0 Å². The highest BCUT2D eigenvalue weighted by atomic mass is 16.2. The van der Waals surface area contributed by atoms with Gasteiger partial charge in [-0.2, -0.15) is 5.10 Å². The van der Waals surface area contributed by atoms with Gasteiger partial charge in [0.05, 0.1) is 11.6 Å². The van der Waals surface area contributed by atoms with E-state index in [1.165, 1.54) is 6.33 Å². The fourth-order valence-electron chi connectivity index (χ4n) is 2.78. The molecule has 1 aliphatic rings. The molecular weight excluding hydrogens is 280 g/mol. The molecule has 1 aliphatic heterocycles. The zero-order valence-electron chi connectivity index (χ0n) is 12.9. The van der Waals surface area contributed by atoms with E-state index in [0.29, 0.717) is 5.56 Å². The minimum Gasteiger partial charge on any atom is -0.363 e. The number of H-pyrrole nitrogens is 1. The number of pyridine rings is 1. The Morgan fingerprint density at radius 2 is 2.18 bits per heavy atom. The van der Waals surface area contributed by atoms with Crippen molar-refractivity contribution < 1.29 is 4.79 Å². The number of rotatable bonds is 3. The summed E-state index contributed by atoms with van der Waals surface area (Å²) in [5.74, 6) is 1.59. The number of carbonyl (C=O) groups is 1. The van der Waals surface area contributed by atoms with Gasteiger partial charge in [-0.3, -0.25) is 9.89 Å². The third kappa shape index (κ3) is 2.79. The number of aromatic nitrogens is 4. The molecule has 0 spiro atoms. The highest BCUT2D eigenvalue weighted by Crippen LogP contribution is 2.29. The van der Waals surface area contributed by atoms with Crippen molar-refractivity contribution in [1.82, 2.24) is 25.1 Å². The van der Waals surface area contributed by atoms with Crippen LogP contribution in [0.4, 0.5) is 5.82 Å². The molecule has 0 bridgehead atoms. The van der Waals surface area contributed by atoms with Gasteiger partial charge in [-0.05, 0) is 31.4 Å². The van der Waals surface area contributed by atoms with Crippen LogP contribution in [0.25, 0.3) is 0 Å². The zero-order valence-corrected chi connectivity index (χ0v) is 12.9. The van der Waals surface area contributed by atoms with Crippen molar-refractivity contribution >= 4 is 11.7 Å². The summed E-state index contributed by atoms with van der Waals surface area (Å²) in [7, 11) is 3.85. The Labute approximate surface area is 129 Å². The Morgan fingerprint density at radius 3 is 2.82 bits per heavy atom. The number of nitrogens with zero attached hydrogens (tertiary/aromatic N) is 5. The monoisotopic (exact) mass is 300 g/mol. The lowest BCUT2D eigenvalue weighted by Crippen LogP contribution is -2.39. The van der Waals surface area contributed by atoms with Gasteiger partial charge in [0.1, 0.15) is 18.0 Å². The third-order valence-electron chi connectivity index (χ3n) is 3.97. The van der Waals surface area contributed by atoms with E-state index in [4.69, 9.17) is 0 Å². The van der Waals surface area contributed by atoms with Gasteiger partial charge in [-0.25, -0.2) is 9.97 Å². The molecule has 7 heteroatoms. The SMILES string of the molecule is CN(C)c1ccc(C(=O)N2CCCCC2c2ncn[nH]2)cn1. The standard InChI is InChI=1S/C15H20N6O/c1-20(2)13-7-6-11(9-16-13)15(22)21-8-4-3-5-12(21)14-17-10-18-19-14/h6-7,9-10,12H,3-5,8H2,1-2H3,(H,17,18,19). The maximum absolute atomic E-state index is 12.8. The van der Waals surface area contributed by atoms with E-state index in [9.17, 15) is 4.79 Å². The summed E-state index contributed by atoms with van der Waals surface area (Å²) < 4.78 is 0. The smallest absolute Gasteiger partial charge is 0.256 e. The van der Waals surface area contributed by atoms with E-state index in [-0.39, 0.29) is 11.9 Å². The lowest BCUT2D eigenvalue weighted by Gasteiger charge is -2.34. The van der Waals surface area contributed by atoms with Crippen molar-refractivity contribution in [1.29, 1.82) is 0 Å². The molecule has 116 valence electrons. The molecule has 2 aromatic heterocycles. The van der Waals surface area contributed by atoms with Crippen molar-refractivity contribution in [3.05, 3.63) is 36.0 Å². The van der Waals surface area contributed by atoms with Crippen LogP contribution >= 0.6 is 0 Å². The van der Waals surface area contributed by atoms with Gasteiger partial charge in [0, 0.05) is 26.8 Å². The number of anilines is 1. The lowest BCUT2D eigenvalue weighted by molar-refractivity contribution is 0.0600. The number of nitrogens with one attached hydrogen (secondary N) is 1. The molecule has 1 N–H and O–H groups in total. The number of amides is 1. The molecule has 0 radical (unpaired) electrons. The molecule has 22 heavy (non-hydrogen) atoms. The lowest BCUT2D eigenvalue weighted by atomic mass is 10.0. The largest absolute Gasteiger partial charge is 0.363 e. The van der Waals surface area contributed by atoms with Crippen LogP contribution < -0.4 is 4.90 Å². The molecule has 7 nitrogen and oxygen atoms in total. The molecule has 1 atom stereocenters. The van der Waals surface area contributed by atoms with E-state index < -0.39 is 0 Å². The number of aromatic amines is 1. The fourth-order valence-corrected chi connectivity index (χ4v) is 2.78. The van der Waals surface area contributed by atoms with Gasteiger partial charge in [0.25, 0.3) is 5.91 Å². The molecule has 3 heterocycles. The molecule has 1 amide bonds. The normalized spacial score (nSPS) is 18.3. The second-order valence-corrected chi connectivity index (χ2v) is 5.68. The van der Waals surface area contributed by atoms with Gasteiger partial charge < -0.3 is 9.80 Å². The summed E-state index contributed by atoms with van der Waals surface area (Å²) >= 11 is 0. The van der Waals surface area contributed by atoms with Gasteiger partial charge in [0.2, 0.25) is 0 Å². The molecule has 1 saturated heterocycles. The first-order valence-electron chi connectivity index (χ1n) is 7.46. The summed E-state index contributed by atoms with van der Waals surface area (Å²) in [6.45, 7) is 0.736. The average molecular weight is 300 g/mol. The van der Waals surface area contributed by atoms with Crippen molar-refractivity contribution in [2.24, 2.45) is 0 Å². The van der Waals surface area contributed by atoms with Crippen LogP contribution in [-0.4, -0.2) is 51.6 Å². The number of hydrogen-bond acceptors (Lipinski definition) is 5. The maximum Gasteiger partial charge on any atom is 0.256 e. The van der Waals surface area contributed by atoms with E-state index in [2.05, 4.69) is 20.2 Å². The van der Waals surface area contributed by atoms with Crippen molar-refractivity contribution in [3.8, 4) is 0 Å². The Bertz CT molecular complexity index is 622. The van der Waals surface area contributed by atoms with Crippen LogP contribution in [0.3, 0.4) is 0 Å². The highest BCUT2D eigenvalue weighted by Gasteiger charge is 2.30. The number of hydrogen-bond donors (Lipinski definition) is 1. The maximum atomic E-state index is 12.8. The quantitative estimate of drug-likeness (QED) is 0.932. The Hall–Kier alpha value is -2.44. The zero-order chi connectivity index (χ0) is 15.5. The van der Waals surface area contributed by atoms with Crippen LogP contribution in [0, 0.1) is 0 Å². The first-order valence-corrected chi connectivity index (χ1v) is 7.46. The number of carbonyl (C=O) groups excluding carboxylic acids is 1. The molecule has 3 rings (SSSR count). The highest BCUT2D eigenvalue weighted by molar-refractivity contribution is 5.94. The van der Waals surface area contributed by atoms with Gasteiger partial charge in [0.15, 0.2) is 0 Å². The van der Waals surface area contributed by atoms with Crippen LogP contribution in [0.2, 0.25) is 0 Å². The van der Waals surface area contributed by atoms with Crippen molar-refractivity contribution in [2.45, 2.75) is 25.3 Å². The van der Waals surface area contributed by atoms with Crippen LogP contribution in [0.15, 0.2) is 24.7 Å². The number of likely N-dealkylation sites (tertiary alicyclic amines) is 1. The minimum atomic E-state index is -0.0303. The summed E-state index contributed by atoms with van der Waals surface area (Å²) in [5, 5.41) is 6.79. The van der Waals surface area contributed by atoms with E-state index in [1.807, 2.05) is 36.0 Å². The molecule has 0 aromatic carbocycles. The predicted octanol–water partition coefficient (Wildman–Crippen LogP) is 1.63. The van der Waals surface area contributed by atoms with E-state index in [0.717, 1.165) is 37.4 Å². The summed E-state index contributed by atoms with van der Waals surface area (Å²) in [6, 6.07) is 3.66. The first-order chi connectivity index (χ1) is 10.7. The van der Waals surface area contributed by atoms with Gasteiger partial charge in [-0.15, -0.1) is 0 Å². The van der Waals surface area contributed by atoms with E-state index in [1.54, 1.807) is 6.20 Å². The van der Waals surface area contributed by atoms with Crippen LogP contribution in [0.1, 0.15) is 41.5 Å². The topological polar surface area (TPSA) is 78.0 Å². The summed E-state index contributed by atoms with van der Waals surface area (Å²) in [4.78, 5) is 25.1. The predicted molar refractivity (Wildman–Crippen MR) is 82.6 cm³/mol. The molecule has 2 aromatic rings. The molecule has 0 saturated carbocycles. The Morgan fingerprint density at radius 1 is 1.32 bits per heavy atom. The Balaban J connectivity index is 1.82. The van der Waals surface area contributed by atoms with E-state index >= 15 is 0 Å². The molecule has 0 aliphatic carbocycles. The second kappa shape index (κ2) is 6.13. The summed E-state index contributed by atoms with van der Waals surface area (Å²) in [6.07, 6.45) is 6.14. The second-order valence-electron chi connectivity index (χ2n) is 5.68. The van der Waals surface area contributed by atoms with Crippen molar-refractivity contribution in [3.63, 3.8) is 0 Å². The first kappa shape index (κ1) is 14.5. The van der Waals surface area contributed by atoms with Crippen LogP contribution in [0.5, 0.6) is 0 Å².